The number of aromatic nitrogens is 2. The number of furan rings is 1. The van der Waals surface area contributed by atoms with Gasteiger partial charge in [0.2, 0.25) is 5.71 Å². The third-order valence-corrected chi connectivity index (χ3v) is 1.57. The second-order valence-corrected chi connectivity index (χ2v) is 2.54. The number of carbonyl (C=O) groups is 1. The lowest BCUT2D eigenvalue weighted by molar-refractivity contribution is -0.136. The van der Waals surface area contributed by atoms with Gasteiger partial charge in [-0.05, 0) is 6.07 Å². The molecule has 13 heavy (non-hydrogen) atoms. The van der Waals surface area contributed by atoms with E-state index in [-0.39, 0.29) is 12.2 Å². The number of rotatable bonds is 2. The summed E-state index contributed by atoms with van der Waals surface area (Å²) >= 11 is 0. The Hall–Kier alpha value is -1.91. The second kappa shape index (κ2) is 2.85. The molecule has 0 aromatic carbocycles. The van der Waals surface area contributed by atoms with Gasteiger partial charge in [0.25, 0.3) is 0 Å². The van der Waals surface area contributed by atoms with Gasteiger partial charge in [-0.15, -0.1) is 0 Å². The molecule has 0 fully saturated rings. The Morgan fingerprint density at radius 2 is 2.46 bits per heavy atom. The van der Waals surface area contributed by atoms with Gasteiger partial charge in [-0.2, -0.15) is 4.98 Å². The number of hydrogen-bond donors (Lipinski definition) is 1. The molecule has 0 radical (unpaired) electrons. The standard InChI is InChI=1S/C8H6N2O3/c11-7(12)3-6-9-4-5-1-2-13-8(5)10-6/h1-2,4H,3H2,(H,11,12). The summed E-state index contributed by atoms with van der Waals surface area (Å²) in [7, 11) is 0. The summed E-state index contributed by atoms with van der Waals surface area (Å²) in [6.45, 7) is 0. The fourth-order valence-corrected chi connectivity index (χ4v) is 1.01. The third-order valence-electron chi connectivity index (χ3n) is 1.57. The molecule has 2 heterocycles. The summed E-state index contributed by atoms with van der Waals surface area (Å²) in [5.74, 6) is -0.694. The predicted octanol–water partition coefficient (Wildman–Crippen LogP) is 0.850. The Morgan fingerprint density at radius 1 is 1.62 bits per heavy atom. The lowest BCUT2D eigenvalue weighted by atomic mass is 10.4. The van der Waals surface area contributed by atoms with Crippen LogP contribution in [0.1, 0.15) is 5.82 Å². The molecule has 1 N–H and O–H groups in total. The molecule has 0 aliphatic carbocycles. The summed E-state index contributed by atoms with van der Waals surface area (Å²) in [6, 6.07) is 1.72. The molecule has 5 nitrogen and oxygen atoms in total. The normalized spacial score (nSPS) is 10.5. The summed E-state index contributed by atoms with van der Waals surface area (Å²) in [4.78, 5) is 18.1. The van der Waals surface area contributed by atoms with Crippen LogP contribution in [0, 0.1) is 0 Å². The lowest BCUT2D eigenvalue weighted by Gasteiger charge is -1.93. The highest BCUT2D eigenvalue weighted by Crippen LogP contribution is 2.10. The van der Waals surface area contributed by atoms with E-state index in [2.05, 4.69) is 9.97 Å². The Balaban J connectivity index is 2.42. The molecule has 2 aromatic heterocycles. The SMILES string of the molecule is O=C(O)Cc1ncc2ccoc2n1. The van der Waals surface area contributed by atoms with E-state index in [0.717, 1.165) is 5.39 Å². The van der Waals surface area contributed by atoms with Crippen LogP contribution in [0.2, 0.25) is 0 Å². The number of carboxylic acids is 1. The van der Waals surface area contributed by atoms with E-state index in [9.17, 15) is 4.79 Å². The second-order valence-electron chi connectivity index (χ2n) is 2.54. The maximum Gasteiger partial charge on any atom is 0.311 e. The molecule has 2 aromatic rings. The monoisotopic (exact) mass is 178 g/mol. The Labute approximate surface area is 73.0 Å². The molecule has 0 bridgehead atoms. The molecular formula is C8H6N2O3. The van der Waals surface area contributed by atoms with Crippen LogP contribution in [0.5, 0.6) is 0 Å². The largest absolute Gasteiger partial charge is 0.481 e. The summed E-state index contributed by atoms with van der Waals surface area (Å²) < 4.78 is 5.00. The van der Waals surface area contributed by atoms with E-state index in [1.807, 2.05) is 0 Å². The first-order chi connectivity index (χ1) is 6.25. The molecule has 0 saturated heterocycles. The maximum atomic E-state index is 10.3. The minimum atomic E-state index is -0.953. The highest BCUT2D eigenvalue weighted by atomic mass is 16.4. The van der Waals surface area contributed by atoms with Crippen molar-refractivity contribution in [3.8, 4) is 0 Å². The van der Waals surface area contributed by atoms with Gasteiger partial charge in [0.1, 0.15) is 12.2 Å². The number of aliphatic carboxylic acids is 1. The van der Waals surface area contributed by atoms with Gasteiger partial charge in [-0.3, -0.25) is 4.79 Å². The molecule has 0 unspecified atom stereocenters. The van der Waals surface area contributed by atoms with Crippen molar-refractivity contribution in [3.63, 3.8) is 0 Å². The predicted molar refractivity (Wildman–Crippen MR) is 43.1 cm³/mol. The first-order valence-electron chi connectivity index (χ1n) is 3.66. The average Bonchev–Trinajstić information content (AvgIpc) is 2.49. The highest BCUT2D eigenvalue weighted by Gasteiger charge is 2.05. The summed E-state index contributed by atoms with van der Waals surface area (Å²) in [5, 5.41) is 9.25. The molecule has 0 aliphatic rings. The van der Waals surface area contributed by atoms with E-state index < -0.39 is 5.97 Å². The van der Waals surface area contributed by atoms with E-state index in [1.165, 1.54) is 6.26 Å². The van der Waals surface area contributed by atoms with E-state index in [1.54, 1.807) is 12.3 Å². The minimum Gasteiger partial charge on any atom is -0.481 e. The fraction of sp³-hybridized carbons (Fsp3) is 0.125. The van der Waals surface area contributed by atoms with Crippen LogP contribution < -0.4 is 0 Å². The average molecular weight is 178 g/mol. The van der Waals surface area contributed by atoms with Crippen molar-refractivity contribution in [1.29, 1.82) is 0 Å². The quantitative estimate of drug-likeness (QED) is 0.737. The van der Waals surface area contributed by atoms with E-state index >= 15 is 0 Å². The van der Waals surface area contributed by atoms with E-state index in [0.29, 0.717) is 5.71 Å². The van der Waals surface area contributed by atoms with E-state index in [4.69, 9.17) is 9.52 Å². The lowest BCUT2D eigenvalue weighted by Crippen LogP contribution is -2.04. The molecular weight excluding hydrogens is 172 g/mol. The summed E-state index contributed by atoms with van der Waals surface area (Å²) in [5.41, 5.74) is 0.422. The molecule has 5 heteroatoms. The van der Waals surface area contributed by atoms with Crippen molar-refractivity contribution >= 4 is 17.1 Å². The number of fused-ring (bicyclic) bond motifs is 1. The molecule has 0 saturated carbocycles. The van der Waals surface area contributed by atoms with Gasteiger partial charge in [0, 0.05) is 6.20 Å². The molecule has 0 aliphatic heterocycles. The van der Waals surface area contributed by atoms with Crippen LogP contribution in [0.15, 0.2) is 22.9 Å². The van der Waals surface area contributed by atoms with Crippen molar-refractivity contribution < 1.29 is 14.3 Å². The van der Waals surface area contributed by atoms with Crippen molar-refractivity contribution in [2.75, 3.05) is 0 Å². The Morgan fingerprint density at radius 3 is 3.23 bits per heavy atom. The number of hydrogen-bond acceptors (Lipinski definition) is 4. The molecule has 0 amide bonds. The van der Waals surface area contributed by atoms with Crippen molar-refractivity contribution in [3.05, 3.63) is 24.4 Å². The number of nitrogens with zero attached hydrogens (tertiary/aromatic N) is 2. The summed E-state index contributed by atoms with van der Waals surface area (Å²) in [6.07, 6.45) is 2.85. The molecule has 0 atom stereocenters. The van der Waals surface area contributed by atoms with Crippen molar-refractivity contribution in [1.82, 2.24) is 9.97 Å². The zero-order chi connectivity index (χ0) is 9.26. The molecule has 0 spiro atoms. The highest BCUT2D eigenvalue weighted by molar-refractivity contribution is 5.73. The molecule has 2 rings (SSSR count). The zero-order valence-electron chi connectivity index (χ0n) is 6.60. The Bertz CT molecular complexity index is 449. The fourth-order valence-electron chi connectivity index (χ4n) is 1.01. The van der Waals surface area contributed by atoms with Crippen LogP contribution in [0.4, 0.5) is 0 Å². The topological polar surface area (TPSA) is 76.2 Å². The third kappa shape index (κ3) is 1.48. The van der Waals surface area contributed by atoms with Gasteiger partial charge >= 0.3 is 5.97 Å². The van der Waals surface area contributed by atoms with Gasteiger partial charge in [0.05, 0.1) is 11.6 Å². The van der Waals surface area contributed by atoms with Crippen LogP contribution in [0.3, 0.4) is 0 Å². The van der Waals surface area contributed by atoms with Crippen molar-refractivity contribution in [2.45, 2.75) is 6.42 Å². The van der Waals surface area contributed by atoms with Gasteiger partial charge in [0.15, 0.2) is 0 Å². The van der Waals surface area contributed by atoms with Crippen LogP contribution in [0.25, 0.3) is 11.1 Å². The van der Waals surface area contributed by atoms with Crippen LogP contribution in [-0.4, -0.2) is 21.0 Å². The van der Waals surface area contributed by atoms with Crippen LogP contribution >= 0.6 is 0 Å². The molecule has 66 valence electrons. The zero-order valence-corrected chi connectivity index (χ0v) is 6.60. The van der Waals surface area contributed by atoms with Crippen LogP contribution in [-0.2, 0) is 11.2 Å². The van der Waals surface area contributed by atoms with Gasteiger partial charge in [-0.25, -0.2) is 4.98 Å². The Kier molecular flexibility index (Phi) is 1.70. The van der Waals surface area contributed by atoms with Gasteiger partial charge < -0.3 is 9.52 Å². The maximum absolute atomic E-state index is 10.3. The smallest absolute Gasteiger partial charge is 0.311 e. The van der Waals surface area contributed by atoms with Gasteiger partial charge in [-0.1, -0.05) is 0 Å². The minimum absolute atomic E-state index is 0.184. The first-order valence-corrected chi connectivity index (χ1v) is 3.66. The number of carboxylic acid groups (broad SMARTS) is 1. The van der Waals surface area contributed by atoms with Crippen molar-refractivity contribution in [2.24, 2.45) is 0 Å². The first kappa shape index (κ1) is 7.72.